The Morgan fingerprint density at radius 2 is 2.19 bits per heavy atom. The molecule has 0 aromatic rings. The maximum absolute atomic E-state index is 12.3. The van der Waals surface area contributed by atoms with E-state index < -0.39 is 5.97 Å². The Balaban J connectivity index is 1.81. The summed E-state index contributed by atoms with van der Waals surface area (Å²) in [5, 5.41) is 11.9. The zero-order chi connectivity index (χ0) is 15.2. The average Bonchev–Trinajstić information content (AvgIpc) is 2.45. The highest BCUT2D eigenvalue weighted by Crippen LogP contribution is 2.15. The predicted molar refractivity (Wildman–Crippen MR) is 77.2 cm³/mol. The van der Waals surface area contributed by atoms with Crippen LogP contribution in [0.2, 0.25) is 0 Å². The summed E-state index contributed by atoms with van der Waals surface area (Å²) in [7, 11) is 2.10. The standard InChI is InChI=1S/C14H25N3O4/c1-16-4-2-3-11(9-16)8-15-14(20)17-5-6-21-10-12(17)7-13(18)19/h11-12H,2-10H2,1H3,(H,15,20)(H,18,19). The fourth-order valence-corrected chi connectivity index (χ4v) is 3.07. The van der Waals surface area contributed by atoms with E-state index in [0.717, 1.165) is 25.9 Å². The SMILES string of the molecule is CN1CCCC(CNC(=O)N2CCOCC2CC(=O)O)C1. The molecule has 2 aliphatic rings. The first-order valence-electron chi connectivity index (χ1n) is 7.59. The fourth-order valence-electron chi connectivity index (χ4n) is 3.07. The molecule has 0 aliphatic carbocycles. The lowest BCUT2D eigenvalue weighted by atomic mass is 9.98. The van der Waals surface area contributed by atoms with Crippen LogP contribution in [0.4, 0.5) is 4.79 Å². The van der Waals surface area contributed by atoms with Gasteiger partial charge in [-0.1, -0.05) is 0 Å². The molecule has 0 radical (unpaired) electrons. The second-order valence-corrected chi connectivity index (χ2v) is 5.98. The van der Waals surface area contributed by atoms with E-state index in [-0.39, 0.29) is 18.5 Å². The van der Waals surface area contributed by atoms with Crippen molar-refractivity contribution >= 4 is 12.0 Å². The van der Waals surface area contributed by atoms with E-state index in [0.29, 0.717) is 32.2 Å². The molecule has 2 fully saturated rings. The molecule has 0 aromatic heterocycles. The smallest absolute Gasteiger partial charge is 0.317 e. The van der Waals surface area contributed by atoms with Gasteiger partial charge in [0.15, 0.2) is 0 Å². The molecule has 0 saturated carbocycles. The number of carbonyl (C=O) groups is 2. The molecular formula is C14H25N3O4. The third kappa shape index (κ3) is 4.86. The summed E-state index contributed by atoms with van der Waals surface area (Å²) in [6.45, 7) is 3.99. The second kappa shape index (κ2) is 7.61. The molecule has 7 heteroatoms. The Morgan fingerprint density at radius 1 is 1.38 bits per heavy atom. The van der Waals surface area contributed by atoms with Crippen molar-refractivity contribution in [1.29, 1.82) is 0 Å². The number of aliphatic carboxylic acids is 1. The van der Waals surface area contributed by atoms with Gasteiger partial charge >= 0.3 is 12.0 Å². The van der Waals surface area contributed by atoms with Crippen molar-refractivity contribution in [2.45, 2.75) is 25.3 Å². The van der Waals surface area contributed by atoms with Crippen LogP contribution in [0.5, 0.6) is 0 Å². The zero-order valence-corrected chi connectivity index (χ0v) is 12.6. The predicted octanol–water partition coefficient (Wildman–Crippen LogP) is 0.213. The summed E-state index contributed by atoms with van der Waals surface area (Å²) in [4.78, 5) is 27.0. The number of carboxylic acid groups (broad SMARTS) is 1. The van der Waals surface area contributed by atoms with E-state index in [1.165, 1.54) is 0 Å². The number of morpholine rings is 1. The number of piperidine rings is 1. The molecule has 0 bridgehead atoms. The van der Waals surface area contributed by atoms with Crippen molar-refractivity contribution in [3.63, 3.8) is 0 Å². The zero-order valence-electron chi connectivity index (χ0n) is 12.6. The number of ether oxygens (including phenoxy) is 1. The van der Waals surface area contributed by atoms with Crippen LogP contribution in [-0.2, 0) is 9.53 Å². The van der Waals surface area contributed by atoms with Crippen molar-refractivity contribution in [3.8, 4) is 0 Å². The topological polar surface area (TPSA) is 82.1 Å². The Bertz CT molecular complexity index is 377. The number of nitrogens with one attached hydrogen (secondary N) is 1. The number of urea groups is 1. The van der Waals surface area contributed by atoms with Crippen LogP contribution in [-0.4, -0.2) is 79.4 Å². The van der Waals surface area contributed by atoms with Gasteiger partial charge in [-0.2, -0.15) is 0 Å². The van der Waals surface area contributed by atoms with Gasteiger partial charge in [-0.3, -0.25) is 4.79 Å². The van der Waals surface area contributed by atoms with Crippen molar-refractivity contribution in [3.05, 3.63) is 0 Å². The van der Waals surface area contributed by atoms with Gasteiger partial charge < -0.3 is 25.0 Å². The van der Waals surface area contributed by atoms with Gasteiger partial charge in [-0.15, -0.1) is 0 Å². The molecule has 21 heavy (non-hydrogen) atoms. The number of carboxylic acids is 1. The van der Waals surface area contributed by atoms with E-state index in [1.807, 2.05) is 0 Å². The quantitative estimate of drug-likeness (QED) is 0.775. The molecule has 2 rings (SSSR count). The molecule has 2 aliphatic heterocycles. The maximum Gasteiger partial charge on any atom is 0.317 e. The Labute approximate surface area is 125 Å². The Kier molecular flexibility index (Phi) is 5.81. The molecule has 120 valence electrons. The summed E-state index contributed by atoms with van der Waals surface area (Å²) < 4.78 is 5.28. The Morgan fingerprint density at radius 3 is 2.90 bits per heavy atom. The van der Waals surface area contributed by atoms with Crippen LogP contribution in [0, 0.1) is 5.92 Å². The van der Waals surface area contributed by atoms with Crippen molar-refractivity contribution in [1.82, 2.24) is 15.1 Å². The summed E-state index contributed by atoms with van der Waals surface area (Å²) in [6.07, 6.45) is 2.22. The molecular weight excluding hydrogens is 274 g/mol. The molecule has 2 saturated heterocycles. The molecule has 2 heterocycles. The van der Waals surface area contributed by atoms with Gasteiger partial charge in [0.25, 0.3) is 0 Å². The van der Waals surface area contributed by atoms with E-state index in [4.69, 9.17) is 9.84 Å². The molecule has 2 atom stereocenters. The van der Waals surface area contributed by atoms with Crippen LogP contribution in [0.25, 0.3) is 0 Å². The lowest BCUT2D eigenvalue weighted by Crippen LogP contribution is -2.54. The van der Waals surface area contributed by atoms with Gasteiger partial charge in [0.1, 0.15) is 0 Å². The molecule has 2 N–H and O–H groups in total. The normalized spacial score (nSPS) is 27.4. The van der Waals surface area contributed by atoms with E-state index in [2.05, 4.69) is 17.3 Å². The van der Waals surface area contributed by atoms with E-state index >= 15 is 0 Å². The molecule has 2 unspecified atom stereocenters. The van der Waals surface area contributed by atoms with Gasteiger partial charge in [-0.05, 0) is 32.4 Å². The van der Waals surface area contributed by atoms with Crippen molar-refractivity contribution in [2.24, 2.45) is 5.92 Å². The number of hydrogen-bond donors (Lipinski definition) is 2. The highest BCUT2D eigenvalue weighted by molar-refractivity contribution is 5.76. The van der Waals surface area contributed by atoms with Crippen LogP contribution < -0.4 is 5.32 Å². The van der Waals surface area contributed by atoms with Gasteiger partial charge in [0.2, 0.25) is 0 Å². The first-order valence-corrected chi connectivity index (χ1v) is 7.59. The lowest BCUT2D eigenvalue weighted by Gasteiger charge is -2.36. The number of hydrogen-bond acceptors (Lipinski definition) is 4. The Hall–Kier alpha value is -1.34. The van der Waals surface area contributed by atoms with E-state index in [9.17, 15) is 9.59 Å². The van der Waals surface area contributed by atoms with Gasteiger partial charge in [-0.25, -0.2) is 4.79 Å². The minimum absolute atomic E-state index is 0.0699. The van der Waals surface area contributed by atoms with Gasteiger partial charge in [0, 0.05) is 19.6 Å². The van der Waals surface area contributed by atoms with Crippen LogP contribution in [0.3, 0.4) is 0 Å². The maximum atomic E-state index is 12.3. The first-order chi connectivity index (χ1) is 10.1. The summed E-state index contributed by atoms with van der Waals surface area (Å²) in [5.74, 6) is -0.427. The van der Waals surface area contributed by atoms with Crippen molar-refractivity contribution < 1.29 is 19.4 Å². The minimum atomic E-state index is -0.905. The molecule has 0 aromatic carbocycles. The molecule has 0 spiro atoms. The number of amides is 2. The van der Waals surface area contributed by atoms with Crippen molar-refractivity contribution in [2.75, 3.05) is 46.4 Å². The van der Waals surface area contributed by atoms with Gasteiger partial charge in [0.05, 0.1) is 25.7 Å². The first kappa shape index (κ1) is 16.0. The molecule has 7 nitrogen and oxygen atoms in total. The number of carbonyl (C=O) groups excluding carboxylic acids is 1. The number of rotatable bonds is 4. The molecule has 2 amide bonds. The fraction of sp³-hybridized carbons (Fsp3) is 0.857. The summed E-state index contributed by atoms with van der Waals surface area (Å²) in [5.41, 5.74) is 0. The minimum Gasteiger partial charge on any atom is -0.481 e. The van der Waals surface area contributed by atoms with Crippen LogP contribution >= 0.6 is 0 Å². The summed E-state index contributed by atoms with van der Waals surface area (Å²) >= 11 is 0. The lowest BCUT2D eigenvalue weighted by molar-refractivity contribution is -0.139. The number of likely N-dealkylation sites (tertiary alicyclic amines) is 1. The third-order valence-electron chi connectivity index (χ3n) is 4.16. The highest BCUT2D eigenvalue weighted by atomic mass is 16.5. The largest absolute Gasteiger partial charge is 0.481 e. The highest BCUT2D eigenvalue weighted by Gasteiger charge is 2.29. The monoisotopic (exact) mass is 299 g/mol. The summed E-state index contributed by atoms with van der Waals surface area (Å²) in [6, 6.07) is -0.539. The number of nitrogens with zero attached hydrogens (tertiary/aromatic N) is 2. The third-order valence-corrected chi connectivity index (χ3v) is 4.16. The van der Waals surface area contributed by atoms with Crippen LogP contribution in [0.15, 0.2) is 0 Å². The second-order valence-electron chi connectivity index (χ2n) is 5.98. The van der Waals surface area contributed by atoms with Crippen LogP contribution in [0.1, 0.15) is 19.3 Å². The van der Waals surface area contributed by atoms with E-state index in [1.54, 1.807) is 4.90 Å². The average molecular weight is 299 g/mol.